The lowest BCUT2D eigenvalue weighted by Gasteiger charge is -2.21. The number of aromatic nitrogens is 1. The lowest BCUT2D eigenvalue weighted by Crippen LogP contribution is -2.21. The van der Waals surface area contributed by atoms with Gasteiger partial charge in [-0.25, -0.2) is 4.79 Å². The summed E-state index contributed by atoms with van der Waals surface area (Å²) in [5, 5.41) is 0. The van der Waals surface area contributed by atoms with Crippen LogP contribution in [0.3, 0.4) is 0 Å². The van der Waals surface area contributed by atoms with Gasteiger partial charge in [-0.05, 0) is 44.7 Å². The van der Waals surface area contributed by atoms with Gasteiger partial charge in [0.05, 0.1) is 5.56 Å². The van der Waals surface area contributed by atoms with E-state index in [0.717, 1.165) is 18.5 Å². The third-order valence-corrected chi connectivity index (χ3v) is 2.97. The number of aryl methyl sites for hydroxylation is 1. The Balaban J connectivity index is 1.94. The molecule has 86 valence electrons. The summed E-state index contributed by atoms with van der Waals surface area (Å²) in [5.74, 6) is -0.237. The Kier molecular flexibility index (Phi) is 3.54. The van der Waals surface area contributed by atoms with Crippen molar-refractivity contribution in [2.45, 2.75) is 45.1 Å². The van der Waals surface area contributed by atoms with Crippen molar-refractivity contribution in [1.82, 2.24) is 4.98 Å². The predicted octanol–water partition coefficient (Wildman–Crippen LogP) is 2.88. The molecule has 1 aliphatic carbocycles. The van der Waals surface area contributed by atoms with Crippen LogP contribution in [0.2, 0.25) is 0 Å². The van der Waals surface area contributed by atoms with E-state index in [1.54, 1.807) is 12.3 Å². The van der Waals surface area contributed by atoms with E-state index in [1.165, 1.54) is 19.3 Å². The Morgan fingerprint density at radius 2 is 2.06 bits per heavy atom. The Morgan fingerprint density at radius 1 is 1.31 bits per heavy atom. The second-order valence-corrected chi connectivity index (χ2v) is 4.35. The van der Waals surface area contributed by atoms with E-state index in [2.05, 4.69) is 4.98 Å². The number of hydrogen-bond donors (Lipinski definition) is 0. The first-order valence-electron chi connectivity index (χ1n) is 5.89. The average molecular weight is 219 g/mol. The molecule has 0 radical (unpaired) electrons. The highest BCUT2D eigenvalue weighted by Crippen LogP contribution is 2.21. The fourth-order valence-corrected chi connectivity index (χ4v) is 1.99. The highest BCUT2D eigenvalue weighted by Gasteiger charge is 2.18. The van der Waals surface area contributed by atoms with Crippen molar-refractivity contribution in [3.8, 4) is 0 Å². The molecule has 0 aliphatic heterocycles. The molecule has 1 fully saturated rings. The number of nitrogens with zero attached hydrogens (tertiary/aromatic N) is 1. The number of hydrogen-bond acceptors (Lipinski definition) is 3. The second kappa shape index (κ2) is 5.10. The summed E-state index contributed by atoms with van der Waals surface area (Å²) in [5.41, 5.74) is 1.46. The molecule has 1 heterocycles. The van der Waals surface area contributed by atoms with Crippen molar-refractivity contribution in [1.29, 1.82) is 0 Å². The number of esters is 1. The Bertz CT molecular complexity index is 353. The van der Waals surface area contributed by atoms with Gasteiger partial charge in [-0.3, -0.25) is 4.98 Å². The van der Waals surface area contributed by atoms with E-state index in [-0.39, 0.29) is 12.1 Å². The first-order valence-corrected chi connectivity index (χ1v) is 5.89. The fourth-order valence-electron chi connectivity index (χ4n) is 1.99. The molecule has 1 saturated carbocycles. The van der Waals surface area contributed by atoms with Gasteiger partial charge >= 0.3 is 5.97 Å². The Morgan fingerprint density at radius 3 is 2.69 bits per heavy atom. The van der Waals surface area contributed by atoms with Gasteiger partial charge in [-0.2, -0.15) is 0 Å². The predicted molar refractivity (Wildman–Crippen MR) is 61.3 cm³/mol. The summed E-state index contributed by atoms with van der Waals surface area (Å²) in [6.45, 7) is 1.90. The number of ether oxygens (including phenoxy) is 1. The molecule has 16 heavy (non-hydrogen) atoms. The molecule has 0 amide bonds. The van der Waals surface area contributed by atoms with Crippen molar-refractivity contribution in [2.75, 3.05) is 0 Å². The minimum absolute atomic E-state index is 0.113. The molecule has 0 spiro atoms. The van der Waals surface area contributed by atoms with Gasteiger partial charge < -0.3 is 4.74 Å². The highest BCUT2D eigenvalue weighted by molar-refractivity contribution is 5.89. The zero-order chi connectivity index (χ0) is 11.4. The van der Waals surface area contributed by atoms with E-state index in [4.69, 9.17) is 4.74 Å². The van der Waals surface area contributed by atoms with Gasteiger partial charge in [0.2, 0.25) is 0 Å². The van der Waals surface area contributed by atoms with E-state index >= 15 is 0 Å². The number of carbonyl (C=O) groups is 1. The molecular weight excluding hydrogens is 202 g/mol. The van der Waals surface area contributed by atoms with Crippen molar-refractivity contribution in [3.63, 3.8) is 0 Å². The Labute approximate surface area is 95.8 Å². The first kappa shape index (κ1) is 11.1. The zero-order valence-electron chi connectivity index (χ0n) is 9.61. The summed E-state index contributed by atoms with van der Waals surface area (Å²) in [6.07, 6.45) is 7.31. The molecule has 1 aromatic rings. The van der Waals surface area contributed by atoms with Crippen molar-refractivity contribution in [2.24, 2.45) is 0 Å². The molecule has 1 aliphatic rings. The van der Waals surface area contributed by atoms with Crippen LogP contribution in [0, 0.1) is 6.92 Å². The van der Waals surface area contributed by atoms with E-state index in [9.17, 15) is 4.79 Å². The van der Waals surface area contributed by atoms with Crippen molar-refractivity contribution >= 4 is 5.97 Å². The van der Waals surface area contributed by atoms with Crippen LogP contribution >= 0.6 is 0 Å². The van der Waals surface area contributed by atoms with Crippen LogP contribution < -0.4 is 0 Å². The topological polar surface area (TPSA) is 39.2 Å². The molecule has 3 heteroatoms. The van der Waals surface area contributed by atoms with Crippen LogP contribution in [-0.2, 0) is 4.74 Å². The third-order valence-electron chi connectivity index (χ3n) is 2.97. The smallest absolute Gasteiger partial charge is 0.339 e. The van der Waals surface area contributed by atoms with Crippen molar-refractivity contribution in [3.05, 3.63) is 29.6 Å². The minimum atomic E-state index is -0.237. The van der Waals surface area contributed by atoms with E-state index in [0.29, 0.717) is 5.56 Å². The average Bonchev–Trinajstić information content (AvgIpc) is 2.31. The summed E-state index contributed by atoms with van der Waals surface area (Å²) >= 11 is 0. The van der Waals surface area contributed by atoms with Gasteiger partial charge in [-0.15, -0.1) is 0 Å². The molecule has 0 unspecified atom stereocenters. The molecule has 1 aromatic heterocycles. The van der Waals surface area contributed by atoms with Gasteiger partial charge in [0.15, 0.2) is 0 Å². The van der Waals surface area contributed by atoms with Crippen LogP contribution in [0.25, 0.3) is 0 Å². The second-order valence-electron chi connectivity index (χ2n) is 4.35. The summed E-state index contributed by atoms with van der Waals surface area (Å²) in [7, 11) is 0. The van der Waals surface area contributed by atoms with Gasteiger partial charge in [0, 0.05) is 11.9 Å². The van der Waals surface area contributed by atoms with Crippen LogP contribution in [0.1, 0.15) is 48.2 Å². The molecule has 0 saturated heterocycles. The van der Waals surface area contributed by atoms with E-state index < -0.39 is 0 Å². The zero-order valence-corrected chi connectivity index (χ0v) is 9.61. The third kappa shape index (κ3) is 2.81. The van der Waals surface area contributed by atoms with Crippen LogP contribution in [0.15, 0.2) is 18.3 Å². The first-order chi connectivity index (χ1) is 7.75. The van der Waals surface area contributed by atoms with Crippen LogP contribution in [0.5, 0.6) is 0 Å². The summed E-state index contributed by atoms with van der Waals surface area (Å²) in [6, 6.07) is 3.60. The van der Waals surface area contributed by atoms with Crippen molar-refractivity contribution < 1.29 is 9.53 Å². The Hall–Kier alpha value is -1.38. The maximum absolute atomic E-state index is 11.8. The monoisotopic (exact) mass is 219 g/mol. The molecule has 0 bridgehead atoms. The SMILES string of the molecule is Cc1ccc(C(=O)OC2CCCCC2)cn1. The minimum Gasteiger partial charge on any atom is -0.459 e. The molecule has 0 aromatic carbocycles. The maximum Gasteiger partial charge on any atom is 0.339 e. The lowest BCUT2D eigenvalue weighted by molar-refractivity contribution is 0.0210. The van der Waals surface area contributed by atoms with Gasteiger partial charge in [0.1, 0.15) is 6.10 Å². The van der Waals surface area contributed by atoms with Gasteiger partial charge in [0.25, 0.3) is 0 Å². The summed E-state index contributed by atoms with van der Waals surface area (Å²) in [4.78, 5) is 15.9. The normalized spacial score (nSPS) is 17.1. The summed E-state index contributed by atoms with van der Waals surface area (Å²) < 4.78 is 5.44. The molecular formula is C13H17NO2. The van der Waals surface area contributed by atoms with Crippen LogP contribution in [-0.4, -0.2) is 17.1 Å². The maximum atomic E-state index is 11.8. The standard InChI is InChI=1S/C13H17NO2/c1-10-7-8-11(9-14-10)13(15)16-12-5-3-2-4-6-12/h7-9,12H,2-6H2,1H3. The molecule has 3 nitrogen and oxygen atoms in total. The molecule has 0 atom stereocenters. The lowest BCUT2D eigenvalue weighted by atomic mass is 9.98. The van der Waals surface area contributed by atoms with E-state index in [1.807, 2.05) is 13.0 Å². The highest BCUT2D eigenvalue weighted by atomic mass is 16.5. The largest absolute Gasteiger partial charge is 0.459 e. The number of carbonyl (C=O) groups excluding carboxylic acids is 1. The molecule has 0 N–H and O–H groups in total. The number of pyridine rings is 1. The quantitative estimate of drug-likeness (QED) is 0.718. The number of rotatable bonds is 2. The van der Waals surface area contributed by atoms with Crippen LogP contribution in [0.4, 0.5) is 0 Å². The van der Waals surface area contributed by atoms with Gasteiger partial charge in [-0.1, -0.05) is 6.42 Å². The fraction of sp³-hybridized carbons (Fsp3) is 0.538. The molecule has 2 rings (SSSR count).